The number of methoxy groups -OCH3 is 1. The molecular weight excluding hydrogens is 373 g/mol. The van der Waals surface area contributed by atoms with Gasteiger partial charge in [-0.2, -0.15) is 0 Å². The molecule has 0 fully saturated rings. The molecule has 0 aliphatic heterocycles. The maximum Gasteiger partial charge on any atom is 0.142 e. The lowest BCUT2D eigenvalue weighted by Crippen LogP contribution is -2.06. The quantitative estimate of drug-likeness (QED) is 0.787. The number of halogens is 5. The third-order valence-corrected chi connectivity index (χ3v) is 3.80. The van der Waals surface area contributed by atoms with Crippen LogP contribution in [0.15, 0.2) is 28.7 Å². The van der Waals surface area contributed by atoms with E-state index in [2.05, 4.69) is 15.9 Å². The first-order chi connectivity index (χ1) is 9.85. The Kier molecular flexibility index (Phi) is 4.81. The van der Waals surface area contributed by atoms with Crippen LogP contribution >= 0.6 is 27.5 Å². The van der Waals surface area contributed by atoms with Gasteiger partial charge in [-0.05, 0) is 34.1 Å². The Morgan fingerprint density at radius 3 is 2.33 bits per heavy atom. The molecule has 2 rings (SSSR count). The van der Waals surface area contributed by atoms with Crippen molar-refractivity contribution in [2.24, 2.45) is 0 Å². The SMILES string of the molecule is COc1cc(F)c(Br)cc1C(O)c1cc(F)c(Cl)cc1F. The molecule has 1 unspecified atom stereocenters. The summed E-state index contributed by atoms with van der Waals surface area (Å²) in [5.41, 5.74) is -0.236. The lowest BCUT2D eigenvalue weighted by Gasteiger charge is -2.17. The average molecular weight is 382 g/mol. The van der Waals surface area contributed by atoms with Gasteiger partial charge in [0, 0.05) is 17.2 Å². The summed E-state index contributed by atoms with van der Waals surface area (Å²) in [7, 11) is 1.28. The van der Waals surface area contributed by atoms with Crippen LogP contribution in [-0.2, 0) is 0 Å². The Bertz CT molecular complexity index is 694. The van der Waals surface area contributed by atoms with Crippen LogP contribution in [0, 0.1) is 17.5 Å². The van der Waals surface area contributed by atoms with Gasteiger partial charge in [-0.15, -0.1) is 0 Å². The number of aliphatic hydroxyl groups is 1. The van der Waals surface area contributed by atoms with E-state index in [-0.39, 0.29) is 21.3 Å². The average Bonchev–Trinajstić information content (AvgIpc) is 2.44. The third-order valence-electron chi connectivity index (χ3n) is 2.90. The summed E-state index contributed by atoms with van der Waals surface area (Å²) in [5, 5.41) is 9.85. The van der Waals surface area contributed by atoms with Gasteiger partial charge in [0.25, 0.3) is 0 Å². The van der Waals surface area contributed by atoms with Crippen LogP contribution in [0.1, 0.15) is 17.2 Å². The fourth-order valence-corrected chi connectivity index (χ4v) is 2.36. The first-order valence-electron chi connectivity index (χ1n) is 5.70. The molecule has 0 aliphatic carbocycles. The standard InChI is InChI=1S/C14H9BrClF3O2/c1-21-13-5-11(18)8(15)2-7(13)14(20)6-3-12(19)9(16)4-10(6)17/h2-5,14,20H,1H3. The minimum absolute atomic E-state index is 0.0120. The van der Waals surface area contributed by atoms with Crippen LogP contribution in [0.3, 0.4) is 0 Å². The van der Waals surface area contributed by atoms with E-state index in [4.69, 9.17) is 16.3 Å². The number of benzene rings is 2. The molecular formula is C14H9BrClF3O2. The van der Waals surface area contributed by atoms with Crippen LogP contribution < -0.4 is 4.74 Å². The molecule has 0 aliphatic rings. The molecule has 2 nitrogen and oxygen atoms in total. The molecule has 0 saturated carbocycles. The Labute approximate surface area is 132 Å². The topological polar surface area (TPSA) is 29.5 Å². The van der Waals surface area contributed by atoms with Gasteiger partial charge < -0.3 is 9.84 Å². The van der Waals surface area contributed by atoms with Crippen LogP contribution in [-0.4, -0.2) is 12.2 Å². The minimum Gasteiger partial charge on any atom is -0.496 e. The Balaban J connectivity index is 2.57. The van der Waals surface area contributed by atoms with Crippen LogP contribution in [0.25, 0.3) is 0 Å². The normalized spacial score (nSPS) is 12.3. The number of hydrogen-bond donors (Lipinski definition) is 1. The number of hydrogen-bond acceptors (Lipinski definition) is 2. The van der Waals surface area contributed by atoms with Crippen LogP contribution in [0.5, 0.6) is 5.75 Å². The van der Waals surface area contributed by atoms with E-state index in [0.29, 0.717) is 0 Å². The molecule has 21 heavy (non-hydrogen) atoms. The van der Waals surface area contributed by atoms with E-state index < -0.39 is 28.6 Å². The highest BCUT2D eigenvalue weighted by Gasteiger charge is 2.22. The first kappa shape index (κ1) is 16.1. The number of aliphatic hydroxyl groups excluding tert-OH is 1. The maximum absolute atomic E-state index is 13.8. The van der Waals surface area contributed by atoms with Crippen molar-refractivity contribution in [2.45, 2.75) is 6.10 Å². The van der Waals surface area contributed by atoms with E-state index >= 15 is 0 Å². The van der Waals surface area contributed by atoms with Crippen molar-refractivity contribution in [3.8, 4) is 5.75 Å². The van der Waals surface area contributed by atoms with Gasteiger partial charge in [-0.1, -0.05) is 11.6 Å². The molecule has 0 bridgehead atoms. The van der Waals surface area contributed by atoms with Crippen molar-refractivity contribution in [2.75, 3.05) is 7.11 Å². The maximum atomic E-state index is 13.8. The molecule has 0 amide bonds. The predicted octanol–water partition coefficient (Wildman–Crippen LogP) is 4.61. The molecule has 2 aromatic rings. The van der Waals surface area contributed by atoms with Gasteiger partial charge in [-0.25, -0.2) is 13.2 Å². The second kappa shape index (κ2) is 6.25. The molecule has 112 valence electrons. The largest absolute Gasteiger partial charge is 0.496 e. The lowest BCUT2D eigenvalue weighted by atomic mass is 10.00. The molecule has 0 aromatic heterocycles. The molecule has 7 heteroatoms. The monoisotopic (exact) mass is 380 g/mol. The minimum atomic E-state index is -1.54. The van der Waals surface area contributed by atoms with Crippen molar-refractivity contribution >= 4 is 27.5 Å². The van der Waals surface area contributed by atoms with E-state index in [1.54, 1.807) is 0 Å². The molecule has 0 heterocycles. The second-order valence-corrected chi connectivity index (χ2v) is 5.46. The lowest BCUT2D eigenvalue weighted by molar-refractivity contribution is 0.208. The van der Waals surface area contributed by atoms with Gasteiger partial charge in [0.15, 0.2) is 0 Å². The van der Waals surface area contributed by atoms with Crippen molar-refractivity contribution in [3.05, 3.63) is 62.3 Å². The van der Waals surface area contributed by atoms with Crippen molar-refractivity contribution < 1.29 is 23.0 Å². The zero-order chi connectivity index (χ0) is 15.7. The fourth-order valence-electron chi connectivity index (χ4n) is 1.85. The molecule has 0 saturated heterocycles. The number of rotatable bonds is 3. The molecule has 0 spiro atoms. The van der Waals surface area contributed by atoms with Gasteiger partial charge in [0.05, 0.1) is 16.6 Å². The third kappa shape index (κ3) is 3.17. The van der Waals surface area contributed by atoms with Gasteiger partial charge >= 0.3 is 0 Å². The van der Waals surface area contributed by atoms with Gasteiger partial charge in [0.1, 0.15) is 29.3 Å². The first-order valence-corrected chi connectivity index (χ1v) is 6.87. The summed E-state index contributed by atoms with van der Waals surface area (Å²) < 4.78 is 45.8. The Morgan fingerprint density at radius 2 is 1.71 bits per heavy atom. The summed E-state index contributed by atoms with van der Waals surface area (Å²) in [6, 6.07) is 3.83. The summed E-state index contributed by atoms with van der Waals surface area (Å²) in [6.07, 6.45) is -1.54. The van der Waals surface area contributed by atoms with E-state index in [1.165, 1.54) is 13.2 Å². The van der Waals surface area contributed by atoms with E-state index in [1.807, 2.05) is 0 Å². The van der Waals surface area contributed by atoms with Gasteiger partial charge in [-0.3, -0.25) is 0 Å². The molecule has 0 radical (unpaired) electrons. The molecule has 2 aromatic carbocycles. The highest BCUT2D eigenvalue weighted by atomic mass is 79.9. The Hall–Kier alpha value is -1.24. The van der Waals surface area contributed by atoms with E-state index in [9.17, 15) is 18.3 Å². The predicted molar refractivity (Wildman–Crippen MR) is 76.1 cm³/mol. The van der Waals surface area contributed by atoms with Crippen LogP contribution in [0.2, 0.25) is 5.02 Å². The summed E-state index contributed by atoms with van der Waals surface area (Å²) in [6.45, 7) is 0. The zero-order valence-corrected chi connectivity index (χ0v) is 13.0. The van der Waals surface area contributed by atoms with Crippen LogP contribution in [0.4, 0.5) is 13.2 Å². The van der Waals surface area contributed by atoms with Gasteiger partial charge in [0.2, 0.25) is 0 Å². The summed E-state index contributed by atoms with van der Waals surface area (Å²) >= 11 is 8.43. The highest BCUT2D eigenvalue weighted by molar-refractivity contribution is 9.10. The van der Waals surface area contributed by atoms with Crippen molar-refractivity contribution in [1.82, 2.24) is 0 Å². The highest BCUT2D eigenvalue weighted by Crippen LogP contribution is 2.35. The Morgan fingerprint density at radius 1 is 1.05 bits per heavy atom. The molecule has 1 atom stereocenters. The zero-order valence-electron chi connectivity index (χ0n) is 10.6. The summed E-state index contributed by atoms with van der Waals surface area (Å²) in [5.74, 6) is -2.34. The summed E-state index contributed by atoms with van der Waals surface area (Å²) in [4.78, 5) is 0. The van der Waals surface area contributed by atoms with Crippen molar-refractivity contribution in [3.63, 3.8) is 0 Å². The smallest absolute Gasteiger partial charge is 0.142 e. The molecule has 1 N–H and O–H groups in total. The number of ether oxygens (including phenoxy) is 1. The second-order valence-electron chi connectivity index (χ2n) is 4.20. The van der Waals surface area contributed by atoms with Crippen molar-refractivity contribution in [1.29, 1.82) is 0 Å². The fraction of sp³-hybridized carbons (Fsp3) is 0.143. The van der Waals surface area contributed by atoms with E-state index in [0.717, 1.165) is 18.2 Å².